The average molecular weight is 262 g/mol. The minimum absolute atomic E-state index is 0.127. The quantitative estimate of drug-likeness (QED) is 0.730. The van der Waals surface area contributed by atoms with Crippen LogP contribution in [0.3, 0.4) is 0 Å². The lowest BCUT2D eigenvalue weighted by molar-refractivity contribution is 0.0698. The van der Waals surface area contributed by atoms with Crippen molar-refractivity contribution in [3.8, 4) is 0 Å². The Hall–Kier alpha value is -1.85. The van der Waals surface area contributed by atoms with E-state index in [1.807, 2.05) is 16.8 Å². The topological polar surface area (TPSA) is 88.5 Å². The van der Waals surface area contributed by atoms with Crippen molar-refractivity contribution in [1.82, 2.24) is 4.57 Å². The highest BCUT2D eigenvalue weighted by molar-refractivity contribution is 6.03. The molecule has 2 rings (SSSR count). The van der Waals surface area contributed by atoms with Gasteiger partial charge < -0.3 is 20.5 Å². The van der Waals surface area contributed by atoms with Crippen LogP contribution in [0.2, 0.25) is 0 Å². The number of hydrogen-bond donors (Lipinski definition) is 3. The van der Waals surface area contributed by atoms with Crippen LogP contribution in [0.15, 0.2) is 24.4 Å². The fourth-order valence-corrected chi connectivity index (χ4v) is 2.39. The Morgan fingerprint density at radius 1 is 1.37 bits per heavy atom. The third-order valence-electron chi connectivity index (χ3n) is 3.19. The average Bonchev–Trinajstić information content (AvgIpc) is 2.75. The first-order valence-electron chi connectivity index (χ1n) is 6.34. The maximum Gasteiger partial charge on any atom is 0.337 e. The molecule has 0 saturated carbocycles. The minimum Gasteiger partial charge on any atom is -0.478 e. The molecule has 0 amide bonds. The first-order chi connectivity index (χ1) is 9.19. The smallest absolute Gasteiger partial charge is 0.337 e. The van der Waals surface area contributed by atoms with Crippen molar-refractivity contribution < 1.29 is 15.0 Å². The summed E-state index contributed by atoms with van der Waals surface area (Å²) < 4.78 is 1.89. The first-order valence-corrected chi connectivity index (χ1v) is 6.34. The van der Waals surface area contributed by atoms with Crippen molar-refractivity contribution in [2.24, 2.45) is 5.73 Å². The highest BCUT2D eigenvalue weighted by atomic mass is 16.4. The van der Waals surface area contributed by atoms with E-state index in [-0.39, 0.29) is 6.61 Å². The molecule has 0 aliphatic heterocycles. The fourth-order valence-electron chi connectivity index (χ4n) is 2.39. The van der Waals surface area contributed by atoms with Gasteiger partial charge in [0.2, 0.25) is 0 Å². The number of nitrogens with zero attached hydrogens (tertiary/aromatic N) is 1. The molecule has 0 atom stereocenters. The monoisotopic (exact) mass is 262 g/mol. The van der Waals surface area contributed by atoms with E-state index in [4.69, 9.17) is 10.8 Å². The van der Waals surface area contributed by atoms with Crippen molar-refractivity contribution in [2.75, 3.05) is 13.2 Å². The summed E-state index contributed by atoms with van der Waals surface area (Å²) in [6.45, 7) is 1.17. The maximum atomic E-state index is 11.3. The summed E-state index contributed by atoms with van der Waals surface area (Å²) >= 11 is 0. The zero-order chi connectivity index (χ0) is 13.8. The number of aromatic carboxylic acids is 1. The van der Waals surface area contributed by atoms with Crippen molar-refractivity contribution in [2.45, 2.75) is 19.4 Å². The van der Waals surface area contributed by atoms with E-state index in [9.17, 15) is 9.90 Å². The Labute approximate surface area is 111 Å². The van der Waals surface area contributed by atoms with E-state index in [2.05, 4.69) is 0 Å². The van der Waals surface area contributed by atoms with E-state index in [0.29, 0.717) is 30.6 Å². The summed E-state index contributed by atoms with van der Waals surface area (Å²) in [5.41, 5.74) is 7.64. The number of aliphatic hydroxyl groups is 1. The van der Waals surface area contributed by atoms with Crippen molar-refractivity contribution in [3.05, 3.63) is 35.5 Å². The third kappa shape index (κ3) is 2.62. The van der Waals surface area contributed by atoms with Crippen LogP contribution in [0.5, 0.6) is 0 Å². The number of nitrogens with two attached hydrogens (primary N) is 1. The van der Waals surface area contributed by atoms with Crippen LogP contribution in [-0.4, -0.2) is 33.9 Å². The SMILES string of the molecule is NCCn1cc(CCCO)c2cccc(C(=O)O)c21. The van der Waals surface area contributed by atoms with Crippen molar-refractivity contribution in [1.29, 1.82) is 0 Å². The third-order valence-corrected chi connectivity index (χ3v) is 3.19. The van der Waals surface area contributed by atoms with Crippen LogP contribution in [0.1, 0.15) is 22.3 Å². The zero-order valence-electron chi connectivity index (χ0n) is 10.7. The number of carboxylic acid groups (broad SMARTS) is 1. The van der Waals surface area contributed by atoms with Crippen molar-refractivity contribution in [3.63, 3.8) is 0 Å². The molecule has 102 valence electrons. The van der Waals surface area contributed by atoms with Gasteiger partial charge in [-0.15, -0.1) is 0 Å². The van der Waals surface area contributed by atoms with Crippen LogP contribution in [0.4, 0.5) is 0 Å². The molecule has 1 aromatic carbocycles. The minimum atomic E-state index is -0.935. The number of rotatable bonds is 6. The molecule has 1 aromatic heterocycles. The highest BCUT2D eigenvalue weighted by Gasteiger charge is 2.15. The van der Waals surface area contributed by atoms with E-state index >= 15 is 0 Å². The number of para-hydroxylation sites is 1. The maximum absolute atomic E-state index is 11.3. The van der Waals surface area contributed by atoms with Gasteiger partial charge in [0.15, 0.2) is 0 Å². The number of benzene rings is 1. The molecule has 2 aromatic rings. The first kappa shape index (κ1) is 13.6. The number of aromatic nitrogens is 1. The van der Waals surface area contributed by atoms with Gasteiger partial charge in [-0.25, -0.2) is 4.79 Å². The lowest BCUT2D eigenvalue weighted by atomic mass is 10.1. The number of hydrogen-bond acceptors (Lipinski definition) is 3. The number of fused-ring (bicyclic) bond motifs is 1. The van der Waals surface area contributed by atoms with E-state index < -0.39 is 5.97 Å². The Morgan fingerprint density at radius 2 is 2.16 bits per heavy atom. The molecule has 1 heterocycles. The lowest BCUT2D eigenvalue weighted by Gasteiger charge is -2.05. The highest BCUT2D eigenvalue weighted by Crippen LogP contribution is 2.26. The predicted octanol–water partition coefficient (Wildman–Crippen LogP) is 1.22. The van der Waals surface area contributed by atoms with Crippen LogP contribution in [0.25, 0.3) is 10.9 Å². The summed E-state index contributed by atoms with van der Waals surface area (Å²) in [5.74, 6) is -0.935. The second kappa shape index (κ2) is 5.86. The second-order valence-corrected chi connectivity index (χ2v) is 4.47. The van der Waals surface area contributed by atoms with Gasteiger partial charge in [0, 0.05) is 31.3 Å². The largest absolute Gasteiger partial charge is 0.478 e. The molecule has 0 bridgehead atoms. The van der Waals surface area contributed by atoms with E-state index in [1.54, 1.807) is 12.1 Å². The summed E-state index contributed by atoms with van der Waals surface area (Å²) in [4.78, 5) is 11.3. The van der Waals surface area contributed by atoms with Gasteiger partial charge in [-0.05, 0) is 24.5 Å². The predicted molar refractivity (Wildman–Crippen MR) is 73.4 cm³/mol. The van der Waals surface area contributed by atoms with Crippen LogP contribution < -0.4 is 5.73 Å². The van der Waals surface area contributed by atoms with Crippen molar-refractivity contribution >= 4 is 16.9 Å². The molecule has 5 nitrogen and oxygen atoms in total. The van der Waals surface area contributed by atoms with Gasteiger partial charge in [-0.3, -0.25) is 0 Å². The molecule has 5 heteroatoms. The van der Waals surface area contributed by atoms with Crippen LogP contribution in [-0.2, 0) is 13.0 Å². The Morgan fingerprint density at radius 3 is 2.79 bits per heavy atom. The number of aryl methyl sites for hydroxylation is 1. The Bertz CT molecular complexity index is 590. The lowest BCUT2D eigenvalue weighted by Crippen LogP contribution is -2.10. The van der Waals surface area contributed by atoms with Gasteiger partial charge in [-0.1, -0.05) is 12.1 Å². The normalized spacial score (nSPS) is 11.1. The molecule has 19 heavy (non-hydrogen) atoms. The van der Waals surface area contributed by atoms with Gasteiger partial charge >= 0.3 is 5.97 Å². The fraction of sp³-hybridized carbons (Fsp3) is 0.357. The van der Waals surface area contributed by atoms with Gasteiger partial charge in [0.25, 0.3) is 0 Å². The molecular formula is C14H18N2O3. The molecular weight excluding hydrogens is 244 g/mol. The van der Waals surface area contributed by atoms with Gasteiger partial charge in [0.05, 0.1) is 11.1 Å². The number of aliphatic hydroxyl groups excluding tert-OH is 1. The molecule has 0 radical (unpaired) electrons. The Kier molecular flexibility index (Phi) is 4.19. The molecule has 0 spiro atoms. The summed E-state index contributed by atoms with van der Waals surface area (Å²) in [6.07, 6.45) is 3.34. The Balaban J connectivity index is 2.60. The number of carbonyl (C=O) groups is 1. The van der Waals surface area contributed by atoms with E-state index in [1.165, 1.54) is 0 Å². The van der Waals surface area contributed by atoms with Crippen LogP contribution in [0, 0.1) is 0 Å². The summed E-state index contributed by atoms with van der Waals surface area (Å²) in [5, 5.41) is 19.1. The zero-order valence-corrected chi connectivity index (χ0v) is 10.7. The number of carboxylic acids is 1. The van der Waals surface area contributed by atoms with Crippen LogP contribution >= 0.6 is 0 Å². The van der Waals surface area contributed by atoms with Gasteiger partial charge in [-0.2, -0.15) is 0 Å². The van der Waals surface area contributed by atoms with E-state index in [0.717, 1.165) is 17.4 Å². The molecule has 0 fully saturated rings. The molecule has 0 unspecified atom stereocenters. The second-order valence-electron chi connectivity index (χ2n) is 4.47. The molecule has 4 N–H and O–H groups in total. The summed E-state index contributed by atoms with van der Waals surface area (Å²) in [6, 6.07) is 5.27. The molecule has 0 saturated heterocycles. The molecule has 0 aliphatic carbocycles. The summed E-state index contributed by atoms with van der Waals surface area (Å²) in [7, 11) is 0. The molecule has 0 aliphatic rings. The standard InChI is InChI=1S/C14H18N2O3/c15-6-7-16-9-10(3-2-8-17)11-4-1-5-12(13(11)16)14(18)19/h1,4-5,9,17H,2-3,6-8,15H2,(H,18,19). The van der Waals surface area contributed by atoms with Gasteiger partial charge in [0.1, 0.15) is 0 Å².